The Bertz CT molecular complexity index is 488. The molecule has 2 rings (SSSR count). The minimum atomic E-state index is 0.478. The van der Waals surface area contributed by atoms with Gasteiger partial charge in [0.15, 0.2) is 5.75 Å². The summed E-state index contributed by atoms with van der Waals surface area (Å²) in [6.45, 7) is 0.478. The zero-order valence-electron chi connectivity index (χ0n) is 9.39. The molecular formula is C13H12BrNO2. The lowest BCUT2D eigenvalue weighted by molar-refractivity contribution is 0.272. The first kappa shape index (κ1) is 11.9. The van der Waals surface area contributed by atoms with Gasteiger partial charge in [-0.05, 0) is 21.5 Å². The first-order valence-electron chi connectivity index (χ1n) is 5.16. The highest BCUT2D eigenvalue weighted by molar-refractivity contribution is 9.10. The number of aromatic nitrogens is 1. The van der Waals surface area contributed by atoms with Gasteiger partial charge in [0, 0.05) is 16.7 Å². The van der Waals surface area contributed by atoms with Crippen molar-refractivity contribution in [3.05, 3.63) is 52.6 Å². The lowest BCUT2D eigenvalue weighted by Gasteiger charge is -2.09. The Morgan fingerprint density at radius 1 is 1.24 bits per heavy atom. The van der Waals surface area contributed by atoms with Gasteiger partial charge in [-0.2, -0.15) is 0 Å². The molecule has 0 saturated carbocycles. The number of hydrogen-bond acceptors (Lipinski definition) is 3. The number of nitrogens with zero attached hydrogens (tertiary/aromatic N) is 1. The topological polar surface area (TPSA) is 31.4 Å². The van der Waals surface area contributed by atoms with Crippen molar-refractivity contribution < 1.29 is 9.47 Å². The molecule has 0 aliphatic heterocycles. The summed E-state index contributed by atoms with van der Waals surface area (Å²) in [7, 11) is 1.60. The van der Waals surface area contributed by atoms with Crippen molar-refractivity contribution in [2.75, 3.05) is 7.11 Å². The van der Waals surface area contributed by atoms with Gasteiger partial charge in [0.1, 0.15) is 6.61 Å². The molecule has 0 amide bonds. The fourth-order valence-corrected chi connectivity index (χ4v) is 1.70. The molecule has 0 bridgehead atoms. The molecule has 0 radical (unpaired) electrons. The van der Waals surface area contributed by atoms with Crippen LogP contribution >= 0.6 is 15.9 Å². The maximum absolute atomic E-state index is 5.61. The van der Waals surface area contributed by atoms with Gasteiger partial charge in [0.05, 0.1) is 7.11 Å². The van der Waals surface area contributed by atoms with E-state index in [1.807, 2.05) is 36.4 Å². The Balaban J connectivity index is 2.09. The van der Waals surface area contributed by atoms with Gasteiger partial charge >= 0.3 is 0 Å². The third-order valence-electron chi connectivity index (χ3n) is 2.22. The normalized spacial score (nSPS) is 10.0. The summed E-state index contributed by atoms with van der Waals surface area (Å²) in [4.78, 5) is 4.17. The first-order chi connectivity index (χ1) is 8.29. The molecule has 0 N–H and O–H groups in total. The maximum atomic E-state index is 5.61. The van der Waals surface area contributed by atoms with Crippen LogP contribution in [0.25, 0.3) is 0 Å². The second-order valence-corrected chi connectivity index (χ2v) is 4.35. The average Bonchev–Trinajstić information content (AvgIpc) is 2.38. The van der Waals surface area contributed by atoms with Gasteiger partial charge in [-0.1, -0.05) is 30.3 Å². The number of methoxy groups -OCH3 is 1. The quantitative estimate of drug-likeness (QED) is 0.865. The summed E-state index contributed by atoms with van der Waals surface area (Å²) < 4.78 is 11.7. The fourth-order valence-electron chi connectivity index (χ4n) is 1.39. The molecule has 0 aliphatic carbocycles. The van der Waals surface area contributed by atoms with Gasteiger partial charge in [0.2, 0.25) is 0 Å². The zero-order chi connectivity index (χ0) is 12.1. The van der Waals surface area contributed by atoms with E-state index in [2.05, 4.69) is 20.9 Å². The Morgan fingerprint density at radius 2 is 2.00 bits per heavy atom. The number of pyridine rings is 1. The van der Waals surface area contributed by atoms with E-state index in [1.54, 1.807) is 13.3 Å². The van der Waals surface area contributed by atoms with Crippen LogP contribution in [0.3, 0.4) is 0 Å². The molecule has 0 unspecified atom stereocenters. The van der Waals surface area contributed by atoms with Crippen molar-refractivity contribution in [3.63, 3.8) is 0 Å². The third-order valence-corrected chi connectivity index (χ3v) is 2.66. The number of halogens is 1. The Kier molecular flexibility index (Phi) is 3.98. The molecule has 0 aliphatic rings. The average molecular weight is 294 g/mol. The molecule has 88 valence electrons. The summed E-state index contributed by atoms with van der Waals surface area (Å²) in [5, 5.41) is 0. The Morgan fingerprint density at radius 3 is 2.71 bits per heavy atom. The highest BCUT2D eigenvalue weighted by Crippen LogP contribution is 2.27. The summed E-state index contributed by atoms with van der Waals surface area (Å²) in [5.74, 6) is 1.12. The van der Waals surface area contributed by atoms with Gasteiger partial charge in [-0.3, -0.25) is 0 Å². The molecule has 4 heteroatoms. The second kappa shape index (κ2) is 5.68. The van der Waals surface area contributed by atoms with Crippen LogP contribution in [0.2, 0.25) is 0 Å². The minimum absolute atomic E-state index is 0.478. The molecule has 1 heterocycles. The van der Waals surface area contributed by atoms with E-state index in [9.17, 15) is 0 Å². The SMILES string of the molecule is COc1cc(Br)cnc1OCc1ccccc1. The number of rotatable bonds is 4. The Hall–Kier alpha value is -1.55. The summed E-state index contributed by atoms with van der Waals surface area (Å²) in [5.41, 5.74) is 1.10. The van der Waals surface area contributed by atoms with E-state index < -0.39 is 0 Å². The summed E-state index contributed by atoms with van der Waals surface area (Å²) in [6, 6.07) is 11.8. The van der Waals surface area contributed by atoms with Gasteiger partial charge < -0.3 is 9.47 Å². The van der Waals surface area contributed by atoms with Crippen LogP contribution in [-0.4, -0.2) is 12.1 Å². The summed E-state index contributed by atoms with van der Waals surface area (Å²) >= 11 is 3.34. The van der Waals surface area contributed by atoms with Crippen molar-refractivity contribution in [1.82, 2.24) is 4.98 Å². The standard InChI is InChI=1S/C13H12BrNO2/c1-16-12-7-11(14)8-15-13(12)17-9-10-5-3-2-4-6-10/h2-8H,9H2,1H3. The molecule has 1 aromatic heterocycles. The molecule has 17 heavy (non-hydrogen) atoms. The molecular weight excluding hydrogens is 282 g/mol. The van der Waals surface area contributed by atoms with Gasteiger partial charge in [-0.15, -0.1) is 0 Å². The minimum Gasteiger partial charge on any atom is -0.491 e. The van der Waals surface area contributed by atoms with Crippen LogP contribution in [-0.2, 0) is 6.61 Å². The lowest BCUT2D eigenvalue weighted by Crippen LogP contribution is -1.99. The van der Waals surface area contributed by atoms with Crippen LogP contribution in [0.4, 0.5) is 0 Å². The molecule has 2 aromatic rings. The molecule has 0 spiro atoms. The fraction of sp³-hybridized carbons (Fsp3) is 0.154. The molecule has 0 atom stereocenters. The van der Waals surface area contributed by atoms with Gasteiger partial charge in [-0.25, -0.2) is 4.98 Å². The van der Waals surface area contributed by atoms with Crippen LogP contribution in [0.1, 0.15) is 5.56 Å². The molecule has 0 saturated heterocycles. The molecule has 1 aromatic carbocycles. The summed E-state index contributed by atoms with van der Waals surface area (Å²) in [6.07, 6.45) is 1.68. The van der Waals surface area contributed by atoms with Crippen LogP contribution in [0.5, 0.6) is 11.6 Å². The van der Waals surface area contributed by atoms with E-state index >= 15 is 0 Å². The number of ether oxygens (including phenoxy) is 2. The highest BCUT2D eigenvalue weighted by atomic mass is 79.9. The first-order valence-corrected chi connectivity index (χ1v) is 5.95. The van der Waals surface area contributed by atoms with Crippen LogP contribution in [0.15, 0.2) is 47.1 Å². The van der Waals surface area contributed by atoms with E-state index in [1.165, 1.54) is 0 Å². The number of hydrogen-bond donors (Lipinski definition) is 0. The Labute approximate surface area is 109 Å². The third kappa shape index (κ3) is 3.20. The lowest BCUT2D eigenvalue weighted by atomic mass is 10.2. The molecule has 0 fully saturated rings. The number of benzene rings is 1. The van der Waals surface area contributed by atoms with Crippen molar-refractivity contribution in [2.45, 2.75) is 6.61 Å². The smallest absolute Gasteiger partial charge is 0.257 e. The largest absolute Gasteiger partial charge is 0.491 e. The van der Waals surface area contributed by atoms with Crippen LogP contribution < -0.4 is 9.47 Å². The van der Waals surface area contributed by atoms with Crippen molar-refractivity contribution >= 4 is 15.9 Å². The molecule has 3 nitrogen and oxygen atoms in total. The van der Waals surface area contributed by atoms with Crippen molar-refractivity contribution in [2.24, 2.45) is 0 Å². The maximum Gasteiger partial charge on any atom is 0.257 e. The predicted molar refractivity (Wildman–Crippen MR) is 69.3 cm³/mol. The van der Waals surface area contributed by atoms with E-state index in [4.69, 9.17) is 9.47 Å². The highest BCUT2D eigenvalue weighted by Gasteiger charge is 2.06. The van der Waals surface area contributed by atoms with Crippen molar-refractivity contribution in [1.29, 1.82) is 0 Å². The zero-order valence-corrected chi connectivity index (χ0v) is 11.0. The predicted octanol–water partition coefficient (Wildman–Crippen LogP) is 3.43. The van der Waals surface area contributed by atoms with Crippen LogP contribution in [0, 0.1) is 0 Å². The van der Waals surface area contributed by atoms with E-state index in [-0.39, 0.29) is 0 Å². The van der Waals surface area contributed by atoms with E-state index in [0.29, 0.717) is 18.2 Å². The monoisotopic (exact) mass is 293 g/mol. The second-order valence-electron chi connectivity index (χ2n) is 3.44. The van der Waals surface area contributed by atoms with Gasteiger partial charge in [0.25, 0.3) is 5.88 Å². The van der Waals surface area contributed by atoms with Crippen molar-refractivity contribution in [3.8, 4) is 11.6 Å². The van der Waals surface area contributed by atoms with E-state index in [0.717, 1.165) is 10.0 Å².